The van der Waals surface area contributed by atoms with Crippen LogP contribution in [0, 0.1) is 0 Å². The number of rotatable bonds is 1. The summed E-state index contributed by atoms with van der Waals surface area (Å²) in [4.78, 5) is 0. The molecule has 2 aromatic carbocycles. The van der Waals surface area contributed by atoms with Gasteiger partial charge in [0.2, 0.25) is 5.75 Å². The molecule has 1 aliphatic rings. The van der Waals surface area contributed by atoms with Gasteiger partial charge in [0.1, 0.15) is 18.0 Å². The van der Waals surface area contributed by atoms with Crippen molar-refractivity contribution in [2.75, 3.05) is 0 Å². The van der Waals surface area contributed by atoms with Crippen LogP contribution < -0.4 is 4.74 Å². The number of phenolic OH excluding ortho intramolecular Hbond substituents is 3. The minimum atomic E-state index is -1.26. The van der Waals surface area contributed by atoms with Crippen molar-refractivity contribution >= 4 is 0 Å². The Morgan fingerprint density at radius 3 is 2.19 bits per heavy atom. The molecular weight excluding hydrogens is 276 g/mol. The van der Waals surface area contributed by atoms with Gasteiger partial charge in [-0.25, -0.2) is 0 Å². The van der Waals surface area contributed by atoms with Crippen LogP contribution in [-0.4, -0.2) is 31.6 Å². The zero-order valence-electron chi connectivity index (χ0n) is 10.8. The van der Waals surface area contributed by atoms with Crippen LogP contribution in [0.15, 0.2) is 36.4 Å². The number of benzene rings is 2. The molecule has 0 fully saturated rings. The summed E-state index contributed by atoms with van der Waals surface area (Å²) in [6.07, 6.45) is -3.44. The van der Waals surface area contributed by atoms with Crippen molar-refractivity contribution in [2.45, 2.75) is 18.3 Å². The van der Waals surface area contributed by atoms with Gasteiger partial charge in [-0.3, -0.25) is 0 Å². The maximum absolute atomic E-state index is 10.2. The molecule has 6 nitrogen and oxygen atoms in total. The summed E-state index contributed by atoms with van der Waals surface area (Å²) in [6, 6.07) is 8.53. The fourth-order valence-corrected chi connectivity index (χ4v) is 2.41. The number of hydrogen-bond acceptors (Lipinski definition) is 6. The first-order valence-corrected chi connectivity index (χ1v) is 6.35. The predicted octanol–water partition coefficient (Wildman–Crippen LogP) is 1.33. The highest BCUT2D eigenvalue weighted by atomic mass is 16.5. The minimum Gasteiger partial charge on any atom is -0.508 e. The Bertz CT molecular complexity index is 667. The molecule has 2 aromatic rings. The number of ether oxygens (including phenoxy) is 1. The van der Waals surface area contributed by atoms with E-state index in [1.807, 2.05) is 0 Å². The Hall–Kier alpha value is -2.44. The highest BCUT2D eigenvalue weighted by Gasteiger charge is 2.39. The number of aromatic hydroxyl groups is 3. The number of fused-ring (bicyclic) bond motifs is 1. The van der Waals surface area contributed by atoms with E-state index in [2.05, 4.69) is 0 Å². The maximum Gasteiger partial charge on any atom is 0.200 e. The number of aliphatic hydroxyl groups is 2. The van der Waals surface area contributed by atoms with Gasteiger partial charge in [-0.15, -0.1) is 0 Å². The van der Waals surface area contributed by atoms with E-state index in [9.17, 15) is 25.5 Å². The van der Waals surface area contributed by atoms with Gasteiger partial charge in [0, 0.05) is 5.56 Å². The maximum atomic E-state index is 10.2. The smallest absolute Gasteiger partial charge is 0.200 e. The molecule has 1 heterocycles. The molecular formula is C15H14O6. The molecule has 6 heteroatoms. The molecule has 1 aliphatic heterocycles. The van der Waals surface area contributed by atoms with Gasteiger partial charge in [0.25, 0.3) is 0 Å². The molecule has 3 rings (SSSR count). The highest BCUT2D eigenvalue weighted by Crippen LogP contribution is 2.48. The lowest BCUT2D eigenvalue weighted by molar-refractivity contribution is -0.0710. The van der Waals surface area contributed by atoms with Gasteiger partial charge < -0.3 is 30.3 Å². The summed E-state index contributed by atoms with van der Waals surface area (Å²) in [5.74, 6) is -0.861. The first kappa shape index (κ1) is 13.5. The molecule has 110 valence electrons. The molecule has 0 bridgehead atoms. The van der Waals surface area contributed by atoms with Gasteiger partial charge >= 0.3 is 0 Å². The van der Waals surface area contributed by atoms with Crippen molar-refractivity contribution in [1.29, 1.82) is 0 Å². The standard InChI is InChI=1S/C15H14O6/c16-8-3-1-7(2-4-8)14-13(20)11(18)9-5-6-10(17)12(19)15(9)21-14/h1-6,11,13-14,16-20H/t11-,13+,14-/m0/s1. The summed E-state index contributed by atoms with van der Waals surface area (Å²) >= 11 is 0. The number of phenols is 3. The monoisotopic (exact) mass is 290 g/mol. The SMILES string of the molecule is Oc1ccc([C@@H]2Oc3c(ccc(O)c3O)[C@H](O)[C@H]2O)cc1. The molecule has 0 spiro atoms. The van der Waals surface area contributed by atoms with Crippen LogP contribution in [0.3, 0.4) is 0 Å². The number of hydrogen-bond donors (Lipinski definition) is 5. The molecule has 0 unspecified atom stereocenters. The predicted molar refractivity (Wildman–Crippen MR) is 72.2 cm³/mol. The fraction of sp³-hybridized carbons (Fsp3) is 0.200. The van der Waals surface area contributed by atoms with Crippen LogP contribution in [0.2, 0.25) is 0 Å². The van der Waals surface area contributed by atoms with E-state index in [-0.39, 0.29) is 22.8 Å². The summed E-state index contributed by atoms with van der Waals surface area (Å²) in [6.45, 7) is 0. The van der Waals surface area contributed by atoms with Gasteiger partial charge in [-0.05, 0) is 29.8 Å². The Kier molecular flexibility index (Phi) is 3.12. The largest absolute Gasteiger partial charge is 0.508 e. The Morgan fingerprint density at radius 1 is 0.857 bits per heavy atom. The van der Waals surface area contributed by atoms with E-state index < -0.39 is 24.1 Å². The van der Waals surface area contributed by atoms with Crippen molar-refractivity contribution in [3.63, 3.8) is 0 Å². The Morgan fingerprint density at radius 2 is 1.52 bits per heavy atom. The topological polar surface area (TPSA) is 110 Å². The molecule has 21 heavy (non-hydrogen) atoms. The van der Waals surface area contributed by atoms with Gasteiger partial charge in [0.05, 0.1) is 0 Å². The highest BCUT2D eigenvalue weighted by molar-refractivity contribution is 5.56. The Labute approximate surface area is 120 Å². The van der Waals surface area contributed by atoms with Gasteiger partial charge in [-0.1, -0.05) is 12.1 Å². The molecule has 0 radical (unpaired) electrons. The lowest BCUT2D eigenvalue weighted by atomic mass is 9.92. The molecule has 0 amide bonds. The summed E-state index contributed by atoms with van der Waals surface area (Å²) in [5, 5.41) is 49.0. The third kappa shape index (κ3) is 2.14. The summed E-state index contributed by atoms with van der Waals surface area (Å²) < 4.78 is 5.55. The van der Waals surface area contributed by atoms with Crippen molar-refractivity contribution < 1.29 is 30.3 Å². The second-order valence-electron chi connectivity index (χ2n) is 4.92. The average Bonchev–Trinajstić information content (AvgIpc) is 2.48. The van der Waals surface area contributed by atoms with Crippen LogP contribution in [0.25, 0.3) is 0 Å². The van der Waals surface area contributed by atoms with E-state index in [0.717, 1.165) is 0 Å². The molecule has 0 saturated heterocycles. The van der Waals surface area contributed by atoms with Gasteiger partial charge in [-0.2, -0.15) is 0 Å². The normalized spacial score (nSPS) is 24.2. The lowest BCUT2D eigenvalue weighted by Crippen LogP contribution is -2.34. The van der Waals surface area contributed by atoms with Crippen molar-refractivity contribution in [3.05, 3.63) is 47.5 Å². The van der Waals surface area contributed by atoms with E-state index in [1.54, 1.807) is 12.1 Å². The van der Waals surface area contributed by atoms with E-state index in [4.69, 9.17) is 4.74 Å². The zero-order valence-corrected chi connectivity index (χ0v) is 10.8. The van der Waals surface area contributed by atoms with E-state index >= 15 is 0 Å². The fourth-order valence-electron chi connectivity index (χ4n) is 2.41. The van der Waals surface area contributed by atoms with Crippen LogP contribution >= 0.6 is 0 Å². The van der Waals surface area contributed by atoms with E-state index in [0.29, 0.717) is 5.56 Å². The van der Waals surface area contributed by atoms with E-state index in [1.165, 1.54) is 24.3 Å². The summed E-state index contributed by atoms with van der Waals surface area (Å²) in [7, 11) is 0. The van der Waals surface area contributed by atoms with Crippen LogP contribution in [0.1, 0.15) is 23.3 Å². The Balaban J connectivity index is 2.06. The van der Waals surface area contributed by atoms with Crippen molar-refractivity contribution in [1.82, 2.24) is 0 Å². The lowest BCUT2D eigenvalue weighted by Gasteiger charge is -2.34. The quantitative estimate of drug-likeness (QED) is 0.507. The first-order valence-electron chi connectivity index (χ1n) is 6.35. The third-order valence-electron chi connectivity index (χ3n) is 3.56. The first-order chi connectivity index (χ1) is 9.99. The minimum absolute atomic E-state index is 0.0606. The summed E-state index contributed by atoms with van der Waals surface area (Å²) in [5.41, 5.74) is 0.723. The van der Waals surface area contributed by atoms with Crippen molar-refractivity contribution in [2.24, 2.45) is 0 Å². The van der Waals surface area contributed by atoms with Crippen LogP contribution in [0.4, 0.5) is 0 Å². The zero-order chi connectivity index (χ0) is 15.1. The molecule has 5 N–H and O–H groups in total. The van der Waals surface area contributed by atoms with Crippen LogP contribution in [-0.2, 0) is 0 Å². The molecule has 0 aliphatic carbocycles. The average molecular weight is 290 g/mol. The number of aliphatic hydroxyl groups excluding tert-OH is 2. The second kappa shape index (κ2) is 4.83. The molecule has 0 saturated carbocycles. The van der Waals surface area contributed by atoms with Crippen LogP contribution in [0.5, 0.6) is 23.0 Å². The second-order valence-corrected chi connectivity index (χ2v) is 4.92. The van der Waals surface area contributed by atoms with Gasteiger partial charge in [0.15, 0.2) is 17.6 Å². The van der Waals surface area contributed by atoms with Crippen molar-refractivity contribution in [3.8, 4) is 23.0 Å². The molecule has 0 aromatic heterocycles. The molecule has 3 atom stereocenters. The third-order valence-corrected chi connectivity index (χ3v) is 3.56.